The first kappa shape index (κ1) is 17.1. The summed E-state index contributed by atoms with van der Waals surface area (Å²) < 4.78 is 25.9. The van der Waals surface area contributed by atoms with Gasteiger partial charge < -0.3 is 0 Å². The molecule has 128 valence electrons. The third-order valence-corrected chi connectivity index (χ3v) is 5.07. The second-order valence-corrected chi connectivity index (χ2v) is 6.78. The standard InChI is InChI=1S/C21H25F2N/c22-21(23)19-11-13-20(14-12-19)24(15-17-7-3-1-4-8-17)16-18-9-5-2-6-10-18/h1-10,19-21H,11-16H2/t19-,20-. The summed E-state index contributed by atoms with van der Waals surface area (Å²) in [7, 11) is 0. The Labute approximate surface area is 143 Å². The zero-order chi connectivity index (χ0) is 16.8. The van der Waals surface area contributed by atoms with E-state index in [4.69, 9.17) is 0 Å². The Bertz CT molecular complexity index is 550. The SMILES string of the molecule is FC(F)[C@H]1CC[C@H](N(Cc2ccccc2)Cc2ccccc2)CC1. The van der Waals surface area contributed by atoms with Crippen LogP contribution in [0.4, 0.5) is 8.78 Å². The minimum atomic E-state index is -2.16. The average Bonchev–Trinajstić information content (AvgIpc) is 2.63. The van der Waals surface area contributed by atoms with E-state index in [2.05, 4.69) is 53.4 Å². The van der Waals surface area contributed by atoms with Crippen molar-refractivity contribution >= 4 is 0 Å². The van der Waals surface area contributed by atoms with Crippen LogP contribution in [0, 0.1) is 5.92 Å². The fraction of sp³-hybridized carbons (Fsp3) is 0.429. The molecule has 0 N–H and O–H groups in total. The van der Waals surface area contributed by atoms with Crippen LogP contribution < -0.4 is 0 Å². The summed E-state index contributed by atoms with van der Waals surface area (Å²) in [6.45, 7) is 1.75. The number of alkyl halides is 2. The van der Waals surface area contributed by atoms with Crippen LogP contribution in [-0.2, 0) is 13.1 Å². The van der Waals surface area contributed by atoms with Crippen LogP contribution in [0.3, 0.4) is 0 Å². The van der Waals surface area contributed by atoms with E-state index in [1.165, 1.54) is 11.1 Å². The van der Waals surface area contributed by atoms with E-state index in [1.54, 1.807) is 0 Å². The monoisotopic (exact) mass is 329 g/mol. The molecule has 3 rings (SSSR count). The van der Waals surface area contributed by atoms with Crippen LogP contribution in [-0.4, -0.2) is 17.4 Å². The minimum absolute atomic E-state index is 0.389. The first-order valence-corrected chi connectivity index (χ1v) is 8.82. The second-order valence-electron chi connectivity index (χ2n) is 6.78. The normalized spacial score (nSPS) is 21.3. The van der Waals surface area contributed by atoms with E-state index in [-0.39, 0.29) is 0 Å². The van der Waals surface area contributed by atoms with Crippen molar-refractivity contribution in [3.05, 3.63) is 71.8 Å². The van der Waals surface area contributed by atoms with Crippen LogP contribution in [0.1, 0.15) is 36.8 Å². The van der Waals surface area contributed by atoms with Gasteiger partial charge in [0.1, 0.15) is 0 Å². The molecular weight excluding hydrogens is 304 g/mol. The van der Waals surface area contributed by atoms with E-state index >= 15 is 0 Å². The van der Waals surface area contributed by atoms with E-state index < -0.39 is 12.3 Å². The molecule has 1 aliphatic carbocycles. The van der Waals surface area contributed by atoms with Crippen LogP contribution in [0.2, 0.25) is 0 Å². The summed E-state index contributed by atoms with van der Waals surface area (Å²) in [6, 6.07) is 21.2. The zero-order valence-corrected chi connectivity index (χ0v) is 14.0. The van der Waals surface area contributed by atoms with Crippen molar-refractivity contribution in [1.82, 2.24) is 4.90 Å². The average molecular weight is 329 g/mol. The maximum absolute atomic E-state index is 12.9. The summed E-state index contributed by atoms with van der Waals surface area (Å²) >= 11 is 0. The molecule has 0 amide bonds. The van der Waals surface area contributed by atoms with Gasteiger partial charge in [0.2, 0.25) is 6.43 Å². The molecule has 1 fully saturated rings. The van der Waals surface area contributed by atoms with Crippen molar-refractivity contribution in [2.45, 2.75) is 51.2 Å². The molecule has 2 aromatic carbocycles. The Hall–Kier alpha value is -1.74. The molecule has 0 saturated heterocycles. The lowest BCUT2D eigenvalue weighted by Crippen LogP contribution is -2.38. The van der Waals surface area contributed by atoms with Gasteiger partial charge in [-0.2, -0.15) is 0 Å². The first-order valence-electron chi connectivity index (χ1n) is 8.82. The Morgan fingerprint density at radius 1 is 0.750 bits per heavy atom. The molecule has 1 aliphatic rings. The fourth-order valence-corrected chi connectivity index (χ4v) is 3.67. The highest BCUT2D eigenvalue weighted by Crippen LogP contribution is 2.32. The van der Waals surface area contributed by atoms with Gasteiger partial charge in [-0.3, -0.25) is 4.90 Å². The van der Waals surface area contributed by atoms with Gasteiger partial charge >= 0.3 is 0 Å². The summed E-state index contributed by atoms with van der Waals surface area (Å²) in [5.41, 5.74) is 2.56. The van der Waals surface area contributed by atoms with E-state index in [0.717, 1.165) is 25.9 Å². The number of nitrogens with zero attached hydrogens (tertiary/aromatic N) is 1. The Morgan fingerprint density at radius 2 is 1.21 bits per heavy atom. The molecule has 0 unspecified atom stereocenters. The Balaban J connectivity index is 1.70. The molecule has 2 aromatic rings. The highest BCUT2D eigenvalue weighted by Gasteiger charge is 2.30. The second kappa shape index (κ2) is 8.39. The van der Waals surface area contributed by atoms with Crippen LogP contribution in [0.25, 0.3) is 0 Å². The molecule has 1 nitrogen and oxygen atoms in total. The van der Waals surface area contributed by atoms with Gasteiger partial charge in [-0.05, 0) is 36.8 Å². The first-order chi connectivity index (χ1) is 11.7. The maximum atomic E-state index is 12.9. The fourth-order valence-electron chi connectivity index (χ4n) is 3.67. The van der Waals surface area contributed by atoms with Crippen LogP contribution in [0.15, 0.2) is 60.7 Å². The summed E-state index contributed by atoms with van der Waals surface area (Å²) in [5.74, 6) is -0.406. The lowest BCUT2D eigenvalue weighted by atomic mass is 9.85. The number of hydrogen-bond donors (Lipinski definition) is 0. The predicted molar refractivity (Wildman–Crippen MR) is 93.9 cm³/mol. The van der Waals surface area contributed by atoms with Crippen molar-refractivity contribution in [1.29, 1.82) is 0 Å². The molecule has 0 spiro atoms. The highest BCUT2D eigenvalue weighted by atomic mass is 19.3. The molecule has 0 radical (unpaired) electrons. The predicted octanol–water partition coefficient (Wildman–Crippen LogP) is 5.51. The van der Waals surface area contributed by atoms with Crippen molar-refractivity contribution in [3.8, 4) is 0 Å². The molecular formula is C21H25F2N. The van der Waals surface area contributed by atoms with Gasteiger partial charge in [-0.25, -0.2) is 8.78 Å². The maximum Gasteiger partial charge on any atom is 0.241 e. The van der Waals surface area contributed by atoms with Crippen molar-refractivity contribution in [3.63, 3.8) is 0 Å². The number of hydrogen-bond acceptors (Lipinski definition) is 1. The quantitative estimate of drug-likeness (QED) is 0.675. The Kier molecular flexibility index (Phi) is 5.97. The minimum Gasteiger partial charge on any atom is -0.292 e. The molecule has 0 heterocycles. The van der Waals surface area contributed by atoms with Gasteiger partial charge in [-0.15, -0.1) is 0 Å². The largest absolute Gasteiger partial charge is 0.292 e. The molecule has 24 heavy (non-hydrogen) atoms. The summed E-state index contributed by atoms with van der Waals surface area (Å²) in [4.78, 5) is 2.46. The van der Waals surface area contributed by atoms with Gasteiger partial charge in [0.15, 0.2) is 0 Å². The van der Waals surface area contributed by atoms with Crippen molar-refractivity contribution < 1.29 is 8.78 Å². The number of halogens is 2. The summed E-state index contributed by atoms with van der Waals surface area (Å²) in [6.07, 6.45) is 0.858. The van der Waals surface area contributed by atoms with Crippen LogP contribution in [0.5, 0.6) is 0 Å². The zero-order valence-electron chi connectivity index (χ0n) is 14.0. The molecule has 0 bridgehead atoms. The molecule has 0 aromatic heterocycles. The van der Waals surface area contributed by atoms with Gasteiger partial charge in [-0.1, -0.05) is 60.7 Å². The highest BCUT2D eigenvalue weighted by molar-refractivity contribution is 5.17. The third kappa shape index (κ3) is 4.64. The van der Waals surface area contributed by atoms with E-state index in [9.17, 15) is 8.78 Å². The van der Waals surface area contributed by atoms with E-state index in [1.807, 2.05) is 12.1 Å². The number of rotatable bonds is 6. The van der Waals surface area contributed by atoms with Gasteiger partial charge in [0.25, 0.3) is 0 Å². The third-order valence-electron chi connectivity index (χ3n) is 5.07. The molecule has 1 saturated carbocycles. The molecule has 0 atom stereocenters. The molecule has 3 heteroatoms. The van der Waals surface area contributed by atoms with Crippen LogP contribution >= 0.6 is 0 Å². The Morgan fingerprint density at radius 3 is 1.62 bits per heavy atom. The van der Waals surface area contributed by atoms with Gasteiger partial charge in [0.05, 0.1) is 0 Å². The van der Waals surface area contributed by atoms with Gasteiger partial charge in [0, 0.05) is 25.0 Å². The molecule has 0 aliphatic heterocycles. The van der Waals surface area contributed by atoms with E-state index in [0.29, 0.717) is 18.9 Å². The number of benzene rings is 2. The summed E-state index contributed by atoms with van der Waals surface area (Å²) in [5, 5.41) is 0. The lowest BCUT2D eigenvalue weighted by molar-refractivity contribution is 0.0302. The lowest BCUT2D eigenvalue weighted by Gasteiger charge is -2.37. The topological polar surface area (TPSA) is 3.24 Å². The van der Waals surface area contributed by atoms with Crippen molar-refractivity contribution in [2.24, 2.45) is 5.92 Å². The van der Waals surface area contributed by atoms with Crippen molar-refractivity contribution in [2.75, 3.05) is 0 Å². The smallest absolute Gasteiger partial charge is 0.241 e.